The van der Waals surface area contributed by atoms with E-state index in [1.807, 2.05) is 0 Å². The molecular formula is C6H10O3. The lowest BCUT2D eigenvalue weighted by Gasteiger charge is -2.01. The molecule has 0 amide bonds. The second-order valence-corrected chi connectivity index (χ2v) is 1.59. The second-order valence-electron chi connectivity index (χ2n) is 1.59. The van der Waals surface area contributed by atoms with E-state index in [1.165, 1.54) is 13.0 Å². The molecule has 0 heterocycles. The molecule has 0 aliphatic rings. The number of aliphatic hydroxyl groups excluding tert-OH is 1. The number of carbonyl (C=O) groups excluding carboxylic acids is 1. The maximum atomic E-state index is 10.4. The number of ether oxygens (including phenoxy) is 1. The van der Waals surface area contributed by atoms with Crippen LogP contribution in [0.5, 0.6) is 0 Å². The van der Waals surface area contributed by atoms with E-state index in [-0.39, 0.29) is 6.61 Å². The van der Waals surface area contributed by atoms with Crippen molar-refractivity contribution in [2.24, 2.45) is 0 Å². The Morgan fingerprint density at radius 1 is 2.00 bits per heavy atom. The van der Waals surface area contributed by atoms with Gasteiger partial charge in [-0.3, -0.25) is 0 Å². The fraction of sp³-hybridized carbons (Fsp3) is 0.500. The van der Waals surface area contributed by atoms with Crippen LogP contribution >= 0.6 is 0 Å². The normalized spacial score (nSPS) is 12.2. The Hall–Kier alpha value is -0.830. The van der Waals surface area contributed by atoms with E-state index in [1.54, 1.807) is 0 Å². The van der Waals surface area contributed by atoms with Crippen molar-refractivity contribution < 1.29 is 14.6 Å². The maximum Gasteiger partial charge on any atom is 0.334 e. The zero-order chi connectivity index (χ0) is 7.28. The van der Waals surface area contributed by atoms with Crippen molar-refractivity contribution in [3.8, 4) is 0 Å². The summed E-state index contributed by atoms with van der Waals surface area (Å²) in [7, 11) is 0. The Kier molecular flexibility index (Phi) is 3.71. The van der Waals surface area contributed by atoms with Crippen molar-refractivity contribution >= 4 is 5.97 Å². The summed E-state index contributed by atoms with van der Waals surface area (Å²) < 4.78 is 4.45. The van der Waals surface area contributed by atoms with Gasteiger partial charge in [0.15, 0.2) is 0 Å². The summed E-state index contributed by atoms with van der Waals surface area (Å²) in [6, 6.07) is 0. The van der Waals surface area contributed by atoms with Crippen molar-refractivity contribution in [3.63, 3.8) is 0 Å². The van der Waals surface area contributed by atoms with E-state index in [2.05, 4.69) is 11.3 Å². The Bertz CT molecular complexity index is 107. The molecule has 9 heavy (non-hydrogen) atoms. The van der Waals surface area contributed by atoms with E-state index < -0.39 is 12.1 Å². The molecule has 0 saturated heterocycles. The zero-order valence-electron chi connectivity index (χ0n) is 5.33. The largest absolute Gasteiger partial charge is 0.460 e. The van der Waals surface area contributed by atoms with Gasteiger partial charge in [-0.1, -0.05) is 12.7 Å². The van der Waals surface area contributed by atoms with Crippen LogP contribution in [0.2, 0.25) is 0 Å². The van der Waals surface area contributed by atoms with Crippen molar-refractivity contribution in [1.29, 1.82) is 0 Å². The molecule has 0 spiro atoms. The molecule has 0 saturated carbocycles. The number of rotatable bonds is 3. The smallest absolute Gasteiger partial charge is 0.334 e. The fourth-order valence-corrected chi connectivity index (χ4v) is 0.262. The van der Waals surface area contributed by atoms with E-state index >= 15 is 0 Å². The topological polar surface area (TPSA) is 46.5 Å². The molecule has 0 aromatic carbocycles. The minimum Gasteiger partial charge on any atom is -0.460 e. The van der Waals surface area contributed by atoms with Gasteiger partial charge < -0.3 is 9.84 Å². The van der Waals surface area contributed by atoms with Crippen molar-refractivity contribution in [2.45, 2.75) is 13.0 Å². The molecule has 0 rings (SSSR count). The number of esters is 1. The standard InChI is InChI=1S/C6H10O3/c1-3-4-9-6(8)5(2)7/h3,5,7H,1,4H2,2H3/t5-/m1/s1. The SMILES string of the molecule is C=CCOC(=O)[C@@H](C)O. The van der Waals surface area contributed by atoms with Crippen molar-refractivity contribution in [2.75, 3.05) is 6.61 Å². The summed E-state index contributed by atoms with van der Waals surface area (Å²) in [5.41, 5.74) is 0. The summed E-state index contributed by atoms with van der Waals surface area (Å²) in [6.07, 6.45) is 0.408. The molecule has 0 fully saturated rings. The van der Waals surface area contributed by atoms with Crippen LogP contribution in [0.4, 0.5) is 0 Å². The molecule has 3 heteroatoms. The van der Waals surface area contributed by atoms with Gasteiger partial charge in [0.25, 0.3) is 0 Å². The molecule has 1 N–H and O–H groups in total. The lowest BCUT2D eigenvalue weighted by atomic mass is 10.4. The highest BCUT2D eigenvalue weighted by atomic mass is 16.5. The maximum absolute atomic E-state index is 10.4. The minimum absolute atomic E-state index is 0.156. The average Bonchev–Trinajstić information content (AvgIpc) is 1.82. The van der Waals surface area contributed by atoms with Crippen LogP contribution in [0, 0.1) is 0 Å². The Balaban J connectivity index is 3.38. The molecule has 0 bridgehead atoms. The third-order valence-electron chi connectivity index (χ3n) is 0.685. The van der Waals surface area contributed by atoms with E-state index in [0.29, 0.717) is 0 Å². The first-order valence-electron chi connectivity index (χ1n) is 2.64. The number of hydrogen-bond donors (Lipinski definition) is 1. The van der Waals surface area contributed by atoms with Gasteiger partial charge >= 0.3 is 5.97 Å². The molecule has 0 unspecified atom stereocenters. The molecule has 0 aliphatic carbocycles. The van der Waals surface area contributed by atoms with Crippen molar-refractivity contribution in [3.05, 3.63) is 12.7 Å². The highest BCUT2D eigenvalue weighted by Crippen LogP contribution is 1.85. The van der Waals surface area contributed by atoms with E-state index in [0.717, 1.165) is 0 Å². The van der Waals surface area contributed by atoms with Gasteiger partial charge in [-0.2, -0.15) is 0 Å². The summed E-state index contributed by atoms with van der Waals surface area (Å²) in [5, 5.41) is 8.54. The first-order chi connectivity index (χ1) is 4.18. The quantitative estimate of drug-likeness (QED) is 0.435. The van der Waals surface area contributed by atoms with Gasteiger partial charge in [-0.25, -0.2) is 4.79 Å². The molecular weight excluding hydrogens is 120 g/mol. The number of aliphatic hydroxyl groups is 1. The molecule has 52 valence electrons. The number of hydrogen-bond acceptors (Lipinski definition) is 3. The monoisotopic (exact) mass is 130 g/mol. The van der Waals surface area contributed by atoms with Gasteiger partial charge in [-0.05, 0) is 6.92 Å². The summed E-state index contributed by atoms with van der Waals surface area (Å²) in [6.45, 7) is 4.84. The zero-order valence-corrected chi connectivity index (χ0v) is 5.33. The summed E-state index contributed by atoms with van der Waals surface area (Å²) in [5.74, 6) is -0.616. The predicted molar refractivity (Wildman–Crippen MR) is 32.8 cm³/mol. The Labute approximate surface area is 53.9 Å². The van der Waals surface area contributed by atoms with Crippen LogP contribution in [0.1, 0.15) is 6.92 Å². The van der Waals surface area contributed by atoms with Crippen LogP contribution in [0.25, 0.3) is 0 Å². The van der Waals surface area contributed by atoms with Gasteiger partial charge in [0.1, 0.15) is 12.7 Å². The summed E-state index contributed by atoms with van der Waals surface area (Å²) in [4.78, 5) is 10.4. The molecule has 3 nitrogen and oxygen atoms in total. The summed E-state index contributed by atoms with van der Waals surface area (Å²) >= 11 is 0. The lowest BCUT2D eigenvalue weighted by Crippen LogP contribution is -2.19. The van der Waals surface area contributed by atoms with E-state index in [4.69, 9.17) is 5.11 Å². The van der Waals surface area contributed by atoms with Gasteiger partial charge in [0.05, 0.1) is 0 Å². The third kappa shape index (κ3) is 3.73. The Morgan fingerprint density at radius 2 is 2.56 bits per heavy atom. The van der Waals surface area contributed by atoms with E-state index in [9.17, 15) is 4.79 Å². The highest BCUT2D eigenvalue weighted by Gasteiger charge is 2.07. The van der Waals surface area contributed by atoms with Crippen LogP contribution in [-0.4, -0.2) is 23.8 Å². The van der Waals surface area contributed by atoms with Crippen molar-refractivity contribution in [1.82, 2.24) is 0 Å². The average molecular weight is 130 g/mol. The van der Waals surface area contributed by atoms with Crippen LogP contribution in [-0.2, 0) is 9.53 Å². The molecule has 0 radical (unpaired) electrons. The second kappa shape index (κ2) is 4.09. The third-order valence-corrected chi connectivity index (χ3v) is 0.685. The first kappa shape index (κ1) is 8.17. The number of carbonyl (C=O) groups is 1. The lowest BCUT2D eigenvalue weighted by molar-refractivity contribution is -0.151. The predicted octanol–water partition coefficient (Wildman–Crippen LogP) is 0.0964. The first-order valence-corrected chi connectivity index (χ1v) is 2.64. The van der Waals surface area contributed by atoms with Crippen LogP contribution < -0.4 is 0 Å². The minimum atomic E-state index is -1.04. The molecule has 0 aromatic rings. The van der Waals surface area contributed by atoms with Gasteiger partial charge in [0, 0.05) is 0 Å². The van der Waals surface area contributed by atoms with Crippen LogP contribution in [0.3, 0.4) is 0 Å². The Morgan fingerprint density at radius 3 is 2.89 bits per heavy atom. The molecule has 0 aromatic heterocycles. The van der Waals surface area contributed by atoms with Crippen LogP contribution in [0.15, 0.2) is 12.7 Å². The highest BCUT2D eigenvalue weighted by molar-refractivity contribution is 5.73. The van der Waals surface area contributed by atoms with Gasteiger partial charge in [0.2, 0.25) is 0 Å². The van der Waals surface area contributed by atoms with Gasteiger partial charge in [-0.15, -0.1) is 0 Å². The molecule has 1 atom stereocenters. The molecule has 0 aliphatic heterocycles. The fourth-order valence-electron chi connectivity index (χ4n) is 0.262.